The molecule has 2 rings (SSSR count). The molecule has 1 aliphatic rings. The number of nitrogens with one attached hydrogen (secondary N) is 1. The van der Waals surface area contributed by atoms with Crippen LogP contribution in [0.2, 0.25) is 0 Å². The average molecular weight is 297 g/mol. The third kappa shape index (κ3) is 4.95. The van der Waals surface area contributed by atoms with Crippen molar-refractivity contribution in [2.75, 3.05) is 6.54 Å². The van der Waals surface area contributed by atoms with E-state index in [0.29, 0.717) is 5.92 Å². The van der Waals surface area contributed by atoms with Gasteiger partial charge in [-0.15, -0.1) is 0 Å². The molecule has 0 heterocycles. The van der Waals surface area contributed by atoms with Crippen molar-refractivity contribution >= 4 is 0 Å². The van der Waals surface area contributed by atoms with Crippen molar-refractivity contribution in [1.82, 2.24) is 5.32 Å². The van der Waals surface area contributed by atoms with Crippen molar-refractivity contribution in [1.29, 1.82) is 0 Å². The molecule has 1 aliphatic carbocycles. The molecule has 0 bridgehead atoms. The lowest BCUT2D eigenvalue weighted by atomic mass is 9.87. The van der Waals surface area contributed by atoms with Crippen molar-refractivity contribution in [3.8, 4) is 5.75 Å². The van der Waals surface area contributed by atoms with Crippen LogP contribution >= 0.6 is 0 Å². The molecule has 0 aromatic heterocycles. The molecule has 118 valence electrons. The quantitative estimate of drug-likeness (QED) is 0.753. The second-order valence-electron chi connectivity index (χ2n) is 5.74. The Kier molecular flexibility index (Phi) is 6.43. The minimum absolute atomic E-state index is 0.231. The Balaban J connectivity index is 2.16. The van der Waals surface area contributed by atoms with Crippen LogP contribution in [0, 0.1) is 5.92 Å². The Morgan fingerprint density at radius 3 is 2.52 bits per heavy atom. The summed E-state index contributed by atoms with van der Waals surface area (Å²) in [5.41, 5.74) is 1.06. The summed E-state index contributed by atoms with van der Waals surface area (Å²) in [5.74, 6) is 0.827. The zero-order valence-corrected chi connectivity index (χ0v) is 12.7. The van der Waals surface area contributed by atoms with Crippen LogP contribution in [0.25, 0.3) is 0 Å². The Hall–Kier alpha value is -1.16. The van der Waals surface area contributed by atoms with E-state index in [1.54, 1.807) is 18.2 Å². The first-order valence-corrected chi connectivity index (χ1v) is 7.99. The predicted octanol–water partition coefficient (Wildman–Crippen LogP) is 4.91. The monoisotopic (exact) mass is 297 g/mol. The van der Waals surface area contributed by atoms with Gasteiger partial charge in [0.2, 0.25) is 0 Å². The zero-order chi connectivity index (χ0) is 15.1. The molecule has 4 heteroatoms. The van der Waals surface area contributed by atoms with E-state index < -0.39 is 6.61 Å². The fraction of sp³-hybridized carbons (Fsp3) is 0.647. The second kappa shape index (κ2) is 8.32. The van der Waals surface area contributed by atoms with Crippen LogP contribution in [0.15, 0.2) is 24.3 Å². The first kappa shape index (κ1) is 16.2. The van der Waals surface area contributed by atoms with E-state index in [1.807, 2.05) is 6.07 Å². The summed E-state index contributed by atoms with van der Waals surface area (Å²) in [7, 11) is 0. The number of hydrogen-bond acceptors (Lipinski definition) is 2. The molecule has 1 fully saturated rings. The van der Waals surface area contributed by atoms with E-state index in [4.69, 9.17) is 0 Å². The molecule has 1 aromatic carbocycles. The number of rotatable bonds is 6. The maximum Gasteiger partial charge on any atom is 0.387 e. The van der Waals surface area contributed by atoms with Crippen molar-refractivity contribution in [2.45, 2.75) is 58.1 Å². The van der Waals surface area contributed by atoms with Gasteiger partial charge < -0.3 is 10.1 Å². The Bertz CT molecular complexity index is 417. The molecule has 1 N–H and O–H groups in total. The lowest BCUT2D eigenvalue weighted by Crippen LogP contribution is -2.28. The van der Waals surface area contributed by atoms with Crippen molar-refractivity contribution in [3.05, 3.63) is 29.8 Å². The summed E-state index contributed by atoms with van der Waals surface area (Å²) < 4.78 is 29.3. The highest BCUT2D eigenvalue weighted by molar-refractivity contribution is 5.31. The number of benzene rings is 1. The highest BCUT2D eigenvalue weighted by Crippen LogP contribution is 2.34. The Morgan fingerprint density at radius 2 is 1.90 bits per heavy atom. The first-order chi connectivity index (χ1) is 10.2. The summed E-state index contributed by atoms with van der Waals surface area (Å²) >= 11 is 0. The molecule has 0 spiro atoms. The molecule has 0 aliphatic heterocycles. The van der Waals surface area contributed by atoms with E-state index in [2.05, 4.69) is 17.0 Å². The van der Waals surface area contributed by atoms with Crippen molar-refractivity contribution < 1.29 is 13.5 Å². The first-order valence-electron chi connectivity index (χ1n) is 7.99. The van der Waals surface area contributed by atoms with E-state index >= 15 is 0 Å². The van der Waals surface area contributed by atoms with Gasteiger partial charge in [-0.2, -0.15) is 8.78 Å². The average Bonchev–Trinajstić information content (AvgIpc) is 2.73. The molecule has 1 aromatic rings. The standard InChI is InChI=1S/C17H25F2NO/c1-2-20-16(13-8-5-3-4-6-9-13)14-10-7-11-15(12-14)21-17(18)19/h7,10-13,16-17,20H,2-6,8-9H2,1H3. The van der Waals surface area contributed by atoms with E-state index in [9.17, 15) is 8.78 Å². The molecule has 1 unspecified atom stereocenters. The summed E-state index contributed by atoms with van der Waals surface area (Å²) in [4.78, 5) is 0. The highest BCUT2D eigenvalue weighted by Gasteiger charge is 2.24. The Morgan fingerprint density at radius 1 is 1.19 bits per heavy atom. The molecule has 0 radical (unpaired) electrons. The van der Waals surface area contributed by atoms with Crippen LogP contribution in [0.3, 0.4) is 0 Å². The van der Waals surface area contributed by atoms with Crippen LogP contribution in [-0.2, 0) is 0 Å². The van der Waals surface area contributed by atoms with Gasteiger partial charge in [-0.25, -0.2) is 0 Å². The third-order valence-electron chi connectivity index (χ3n) is 4.24. The highest BCUT2D eigenvalue weighted by atomic mass is 19.3. The summed E-state index contributed by atoms with van der Waals surface area (Å²) in [6.45, 7) is 0.195. The molecule has 21 heavy (non-hydrogen) atoms. The van der Waals surface area contributed by atoms with E-state index in [1.165, 1.54) is 38.5 Å². The molecule has 2 nitrogen and oxygen atoms in total. The third-order valence-corrected chi connectivity index (χ3v) is 4.24. The van der Waals surface area contributed by atoms with Crippen molar-refractivity contribution in [2.24, 2.45) is 5.92 Å². The van der Waals surface area contributed by atoms with Crippen LogP contribution in [-0.4, -0.2) is 13.2 Å². The largest absolute Gasteiger partial charge is 0.435 e. The van der Waals surface area contributed by atoms with Crippen LogP contribution in [0.5, 0.6) is 5.75 Å². The normalized spacial score (nSPS) is 18.5. The fourth-order valence-corrected chi connectivity index (χ4v) is 3.31. The molecular formula is C17H25F2NO. The molecule has 1 atom stereocenters. The number of hydrogen-bond donors (Lipinski definition) is 1. The number of halogens is 2. The van der Waals surface area contributed by atoms with Gasteiger partial charge in [0.15, 0.2) is 0 Å². The van der Waals surface area contributed by atoms with Gasteiger partial charge in [0.25, 0.3) is 0 Å². The second-order valence-corrected chi connectivity index (χ2v) is 5.74. The zero-order valence-electron chi connectivity index (χ0n) is 12.7. The summed E-state index contributed by atoms with van der Waals surface area (Å²) in [6, 6.07) is 7.38. The van der Waals surface area contributed by atoms with Gasteiger partial charge in [-0.3, -0.25) is 0 Å². The minimum atomic E-state index is -2.77. The van der Waals surface area contributed by atoms with Gasteiger partial charge in [0.05, 0.1) is 0 Å². The Labute approximate surface area is 125 Å². The SMILES string of the molecule is CCNC(c1cccc(OC(F)F)c1)C1CCCCCC1. The van der Waals surface area contributed by atoms with Gasteiger partial charge >= 0.3 is 6.61 Å². The minimum Gasteiger partial charge on any atom is -0.435 e. The van der Waals surface area contributed by atoms with Crippen LogP contribution < -0.4 is 10.1 Å². The van der Waals surface area contributed by atoms with Crippen molar-refractivity contribution in [3.63, 3.8) is 0 Å². The maximum absolute atomic E-state index is 12.4. The lowest BCUT2D eigenvalue weighted by molar-refractivity contribution is -0.0499. The maximum atomic E-state index is 12.4. The predicted molar refractivity (Wildman–Crippen MR) is 80.7 cm³/mol. The number of ether oxygens (including phenoxy) is 1. The topological polar surface area (TPSA) is 21.3 Å². The van der Waals surface area contributed by atoms with E-state index in [0.717, 1.165) is 12.1 Å². The smallest absolute Gasteiger partial charge is 0.387 e. The fourth-order valence-electron chi connectivity index (χ4n) is 3.31. The van der Waals surface area contributed by atoms with Gasteiger partial charge in [-0.1, -0.05) is 44.7 Å². The molecule has 1 saturated carbocycles. The lowest BCUT2D eigenvalue weighted by Gasteiger charge is -2.27. The van der Waals surface area contributed by atoms with Crippen LogP contribution in [0.4, 0.5) is 8.78 Å². The molecule has 0 amide bonds. The van der Waals surface area contributed by atoms with E-state index in [-0.39, 0.29) is 11.8 Å². The number of alkyl halides is 2. The van der Waals surface area contributed by atoms with Gasteiger partial charge in [0.1, 0.15) is 5.75 Å². The van der Waals surface area contributed by atoms with Gasteiger partial charge in [-0.05, 0) is 43.0 Å². The van der Waals surface area contributed by atoms with Crippen LogP contribution in [0.1, 0.15) is 57.1 Å². The molecule has 0 saturated heterocycles. The summed E-state index contributed by atoms with van der Waals surface area (Å²) in [6.07, 6.45) is 7.56. The molecular weight excluding hydrogens is 272 g/mol. The van der Waals surface area contributed by atoms with Gasteiger partial charge in [0, 0.05) is 6.04 Å². The summed E-state index contributed by atoms with van der Waals surface area (Å²) in [5, 5.41) is 3.53.